The number of ether oxygens (including phenoxy) is 2. The minimum absolute atomic E-state index is 0.165. The number of nitrogens with one attached hydrogen (secondary N) is 1. The Labute approximate surface area is 164 Å². The largest absolute Gasteiger partial charge is 0.490 e. The van der Waals surface area contributed by atoms with Crippen LogP contribution in [0.4, 0.5) is 0 Å². The molecule has 0 unspecified atom stereocenters. The van der Waals surface area contributed by atoms with Crippen molar-refractivity contribution in [1.82, 2.24) is 9.88 Å². The minimum atomic E-state index is 0.165. The number of rotatable bonds is 4. The lowest BCUT2D eigenvalue weighted by molar-refractivity contribution is 0.0923. The normalized spacial score (nSPS) is 19.6. The van der Waals surface area contributed by atoms with Crippen molar-refractivity contribution in [2.45, 2.75) is 25.3 Å². The fourth-order valence-corrected chi connectivity index (χ4v) is 4.35. The summed E-state index contributed by atoms with van der Waals surface area (Å²) in [6.07, 6.45) is 4.89. The molecule has 5 nitrogen and oxygen atoms in total. The van der Waals surface area contributed by atoms with E-state index in [1.54, 1.807) is 0 Å². The van der Waals surface area contributed by atoms with Crippen molar-refractivity contribution >= 4 is 16.7 Å². The molecule has 0 aliphatic carbocycles. The smallest absolute Gasteiger partial charge is 0.178 e. The molecule has 2 aromatic carbocycles. The second kappa shape index (κ2) is 7.32. The molecule has 1 atom stereocenters. The van der Waals surface area contributed by atoms with Crippen LogP contribution in [0.25, 0.3) is 10.9 Å². The maximum Gasteiger partial charge on any atom is 0.178 e. The summed E-state index contributed by atoms with van der Waals surface area (Å²) in [6.45, 7) is 2.75. The number of likely N-dealkylation sites (tertiary alicyclic amines) is 1. The topological polar surface area (TPSA) is 54.6 Å². The lowest BCUT2D eigenvalue weighted by Gasteiger charge is -2.24. The van der Waals surface area contributed by atoms with Crippen molar-refractivity contribution in [3.63, 3.8) is 0 Å². The van der Waals surface area contributed by atoms with Crippen LogP contribution < -0.4 is 9.47 Å². The number of ketones is 1. The van der Waals surface area contributed by atoms with Gasteiger partial charge in [-0.25, -0.2) is 0 Å². The highest BCUT2D eigenvalue weighted by Crippen LogP contribution is 2.38. The fourth-order valence-electron chi connectivity index (χ4n) is 4.35. The van der Waals surface area contributed by atoms with Gasteiger partial charge in [-0.05, 0) is 43.1 Å². The van der Waals surface area contributed by atoms with Crippen LogP contribution in [0.5, 0.6) is 11.5 Å². The van der Waals surface area contributed by atoms with Gasteiger partial charge < -0.3 is 14.5 Å². The fraction of sp³-hybridized carbons (Fsp3) is 0.348. The Bertz CT molecular complexity index is 1010. The number of aromatic amines is 1. The first-order valence-corrected chi connectivity index (χ1v) is 10.0. The van der Waals surface area contributed by atoms with Gasteiger partial charge in [-0.15, -0.1) is 0 Å². The Hall–Kier alpha value is -2.79. The van der Waals surface area contributed by atoms with Gasteiger partial charge >= 0.3 is 0 Å². The Morgan fingerprint density at radius 2 is 1.93 bits per heavy atom. The van der Waals surface area contributed by atoms with E-state index in [4.69, 9.17) is 9.47 Å². The van der Waals surface area contributed by atoms with Crippen molar-refractivity contribution in [1.29, 1.82) is 0 Å². The van der Waals surface area contributed by atoms with Crippen molar-refractivity contribution in [2.75, 3.05) is 26.3 Å². The van der Waals surface area contributed by atoms with E-state index in [9.17, 15) is 4.79 Å². The van der Waals surface area contributed by atoms with Crippen LogP contribution in [0.15, 0.2) is 48.7 Å². The summed E-state index contributed by atoms with van der Waals surface area (Å²) in [6, 6.07) is 14.4. The maximum atomic E-state index is 13.0. The van der Waals surface area contributed by atoms with E-state index in [1.807, 2.05) is 36.5 Å². The lowest BCUT2D eigenvalue weighted by Crippen LogP contribution is -2.29. The van der Waals surface area contributed by atoms with Gasteiger partial charge in [0.15, 0.2) is 17.3 Å². The van der Waals surface area contributed by atoms with Crippen LogP contribution in [-0.2, 0) is 0 Å². The van der Waals surface area contributed by atoms with Gasteiger partial charge in [0, 0.05) is 35.1 Å². The van der Waals surface area contributed by atoms with Crippen LogP contribution in [-0.4, -0.2) is 42.0 Å². The molecule has 0 radical (unpaired) electrons. The number of nitrogens with zero attached hydrogens (tertiary/aromatic N) is 1. The van der Waals surface area contributed by atoms with E-state index >= 15 is 0 Å². The van der Waals surface area contributed by atoms with Gasteiger partial charge in [-0.1, -0.05) is 24.3 Å². The Morgan fingerprint density at radius 1 is 1.07 bits per heavy atom. The molecule has 0 spiro atoms. The number of benzene rings is 2. The van der Waals surface area contributed by atoms with Crippen molar-refractivity contribution in [2.24, 2.45) is 0 Å². The van der Waals surface area contributed by atoms with Gasteiger partial charge in [0.1, 0.15) is 0 Å². The molecule has 1 fully saturated rings. The number of carbonyl (C=O) groups excluding carboxylic acids is 1. The highest BCUT2D eigenvalue weighted by Gasteiger charge is 2.29. The second-order valence-corrected chi connectivity index (χ2v) is 7.56. The average molecular weight is 376 g/mol. The first-order valence-electron chi connectivity index (χ1n) is 10.0. The van der Waals surface area contributed by atoms with Gasteiger partial charge in [-0.3, -0.25) is 9.69 Å². The van der Waals surface area contributed by atoms with E-state index in [0.29, 0.717) is 19.8 Å². The third-order valence-corrected chi connectivity index (χ3v) is 5.76. The van der Waals surface area contributed by atoms with Crippen LogP contribution in [0.2, 0.25) is 0 Å². The van der Waals surface area contributed by atoms with Gasteiger partial charge in [-0.2, -0.15) is 0 Å². The molecule has 144 valence electrons. The molecule has 2 aliphatic heterocycles. The van der Waals surface area contributed by atoms with Gasteiger partial charge in [0.25, 0.3) is 0 Å². The number of hydrogen-bond donors (Lipinski definition) is 1. The Balaban J connectivity index is 1.37. The second-order valence-electron chi connectivity index (χ2n) is 7.56. The molecule has 1 aromatic heterocycles. The summed E-state index contributed by atoms with van der Waals surface area (Å²) >= 11 is 0. The van der Waals surface area contributed by atoms with Gasteiger partial charge in [0.05, 0.1) is 19.8 Å². The van der Waals surface area contributed by atoms with E-state index in [2.05, 4.69) is 22.0 Å². The third-order valence-electron chi connectivity index (χ3n) is 5.76. The van der Waals surface area contributed by atoms with E-state index < -0.39 is 0 Å². The number of hydrogen-bond acceptors (Lipinski definition) is 4. The molecule has 3 aromatic rings. The van der Waals surface area contributed by atoms with Crippen LogP contribution in [0.1, 0.15) is 41.2 Å². The number of Topliss-reactive ketones (excluding diaryl/α,β-unsaturated/α-hetero) is 1. The zero-order chi connectivity index (χ0) is 18.9. The number of para-hydroxylation sites is 1. The summed E-state index contributed by atoms with van der Waals surface area (Å²) in [7, 11) is 0. The summed E-state index contributed by atoms with van der Waals surface area (Å²) in [4.78, 5) is 18.5. The molecule has 1 N–H and O–H groups in total. The lowest BCUT2D eigenvalue weighted by atomic mass is 10.0. The minimum Gasteiger partial charge on any atom is -0.490 e. The van der Waals surface area contributed by atoms with Crippen molar-refractivity contribution in [3.05, 3.63) is 59.8 Å². The summed E-state index contributed by atoms with van der Waals surface area (Å²) in [5.74, 6) is 1.81. The number of aromatic nitrogens is 1. The van der Waals surface area contributed by atoms with E-state index in [-0.39, 0.29) is 11.8 Å². The zero-order valence-corrected chi connectivity index (χ0v) is 15.8. The molecule has 5 rings (SSSR count). The monoisotopic (exact) mass is 376 g/mol. The molecule has 28 heavy (non-hydrogen) atoms. The molecule has 1 saturated heterocycles. The Morgan fingerprint density at radius 3 is 2.86 bits per heavy atom. The first kappa shape index (κ1) is 17.3. The number of H-pyrrole nitrogens is 1. The first-order chi connectivity index (χ1) is 13.8. The van der Waals surface area contributed by atoms with Gasteiger partial charge in [0.2, 0.25) is 0 Å². The highest BCUT2D eigenvalue weighted by atomic mass is 16.5. The quantitative estimate of drug-likeness (QED) is 0.688. The van der Waals surface area contributed by atoms with Crippen LogP contribution >= 0.6 is 0 Å². The van der Waals surface area contributed by atoms with Crippen LogP contribution in [0, 0.1) is 0 Å². The molecule has 0 saturated carbocycles. The number of carbonyl (C=O) groups is 1. The molecule has 2 aliphatic rings. The van der Waals surface area contributed by atoms with Crippen molar-refractivity contribution in [3.8, 4) is 11.5 Å². The molecule has 0 amide bonds. The predicted octanol–water partition coefficient (Wildman–Crippen LogP) is 4.35. The predicted molar refractivity (Wildman–Crippen MR) is 108 cm³/mol. The molecule has 0 bridgehead atoms. The number of fused-ring (bicyclic) bond motifs is 2. The van der Waals surface area contributed by atoms with E-state index in [1.165, 1.54) is 5.56 Å². The zero-order valence-electron chi connectivity index (χ0n) is 15.8. The van der Waals surface area contributed by atoms with E-state index in [0.717, 1.165) is 53.8 Å². The average Bonchev–Trinajstić information content (AvgIpc) is 3.28. The standard InChI is InChI=1S/C23H24N2O3/c26-21(18-14-24-19-6-2-1-5-17(18)19)15-25-10-3-7-20(25)16-8-9-22-23(13-16)28-12-4-11-27-22/h1-2,5-6,8-9,13-14,20,24H,3-4,7,10-12,15H2/t20-/m0/s1. The Kier molecular flexibility index (Phi) is 4.53. The SMILES string of the molecule is O=C(CN1CCC[C@H]1c1ccc2c(c1)OCCCO2)c1c[nH]c2ccccc12. The molecule has 3 heterocycles. The molecular formula is C23H24N2O3. The maximum absolute atomic E-state index is 13.0. The summed E-state index contributed by atoms with van der Waals surface area (Å²) in [5, 5.41) is 0.999. The highest BCUT2D eigenvalue weighted by molar-refractivity contribution is 6.08. The summed E-state index contributed by atoms with van der Waals surface area (Å²) in [5.41, 5.74) is 2.99. The van der Waals surface area contributed by atoms with Crippen molar-refractivity contribution < 1.29 is 14.3 Å². The summed E-state index contributed by atoms with van der Waals surface area (Å²) < 4.78 is 11.6. The van der Waals surface area contributed by atoms with Crippen LogP contribution in [0.3, 0.4) is 0 Å². The molecular weight excluding hydrogens is 352 g/mol. The third kappa shape index (κ3) is 3.16. The molecule has 5 heteroatoms.